The van der Waals surface area contributed by atoms with E-state index in [0.717, 1.165) is 22.3 Å². The Balaban J connectivity index is 1.83. The second-order valence-electron chi connectivity index (χ2n) is 8.21. The number of anilines is 1. The fourth-order valence-corrected chi connectivity index (χ4v) is 4.93. The Morgan fingerprint density at radius 2 is 1.75 bits per heavy atom. The molecule has 1 aliphatic heterocycles. The van der Waals surface area contributed by atoms with Crippen LogP contribution in [0.1, 0.15) is 31.0 Å². The standard InChI is InChI=1S/C26H25NO4S/c1-16(2)24(28)22-23(21-7-5-4-6-18(21)14-31-3)27(26(30)25(22)29)20-10-8-17(9-11-20)19-12-13-32-15-19/h4-13,15-16,22-23H,14H2,1-3H3/t22?,23-/m1/s1. The van der Waals surface area contributed by atoms with E-state index < -0.39 is 23.7 Å². The number of carbonyl (C=O) groups is 3. The van der Waals surface area contributed by atoms with Crippen LogP contribution in [0.5, 0.6) is 0 Å². The van der Waals surface area contributed by atoms with Gasteiger partial charge in [0.15, 0.2) is 0 Å². The lowest BCUT2D eigenvalue weighted by atomic mass is 9.83. The van der Waals surface area contributed by atoms with Crippen LogP contribution in [0.3, 0.4) is 0 Å². The lowest BCUT2D eigenvalue weighted by molar-refractivity contribution is -0.139. The minimum Gasteiger partial charge on any atom is -0.380 e. The van der Waals surface area contributed by atoms with E-state index in [2.05, 4.69) is 5.38 Å². The Labute approximate surface area is 191 Å². The molecular formula is C26H25NO4S. The summed E-state index contributed by atoms with van der Waals surface area (Å²) in [7, 11) is 1.60. The molecule has 0 radical (unpaired) electrons. The van der Waals surface area contributed by atoms with E-state index in [4.69, 9.17) is 4.74 Å². The molecule has 4 rings (SSSR count). The summed E-state index contributed by atoms with van der Waals surface area (Å²) < 4.78 is 5.35. The maximum atomic E-state index is 13.2. The predicted octanol–water partition coefficient (Wildman–Crippen LogP) is 5.06. The molecule has 164 valence electrons. The third-order valence-corrected chi connectivity index (χ3v) is 6.54. The first-order chi connectivity index (χ1) is 15.4. The summed E-state index contributed by atoms with van der Waals surface area (Å²) in [4.78, 5) is 40.9. The molecule has 0 N–H and O–H groups in total. The summed E-state index contributed by atoms with van der Waals surface area (Å²) in [6.07, 6.45) is 0. The van der Waals surface area contributed by atoms with Gasteiger partial charge in [-0.2, -0.15) is 11.3 Å². The van der Waals surface area contributed by atoms with Crippen molar-refractivity contribution in [2.24, 2.45) is 11.8 Å². The average Bonchev–Trinajstić information content (AvgIpc) is 3.42. The summed E-state index contributed by atoms with van der Waals surface area (Å²) >= 11 is 1.62. The summed E-state index contributed by atoms with van der Waals surface area (Å²) in [5.74, 6) is -2.93. The zero-order valence-corrected chi connectivity index (χ0v) is 19.1. The molecule has 1 unspecified atom stereocenters. The number of thiophene rings is 1. The molecule has 2 atom stereocenters. The highest BCUT2D eigenvalue weighted by molar-refractivity contribution is 7.08. The summed E-state index contributed by atoms with van der Waals surface area (Å²) in [5, 5.41) is 4.07. The number of Topliss-reactive ketones (excluding diaryl/α,β-unsaturated/α-hetero) is 2. The van der Waals surface area contributed by atoms with Crippen molar-refractivity contribution in [1.29, 1.82) is 0 Å². The number of nitrogens with zero attached hydrogens (tertiary/aromatic N) is 1. The van der Waals surface area contributed by atoms with Crippen molar-refractivity contribution in [3.05, 3.63) is 76.5 Å². The number of ether oxygens (including phenoxy) is 1. The highest BCUT2D eigenvalue weighted by Gasteiger charge is 2.52. The van der Waals surface area contributed by atoms with E-state index in [0.29, 0.717) is 12.3 Å². The Bertz CT molecular complexity index is 1130. The molecule has 0 aliphatic carbocycles. The number of hydrogen-bond acceptors (Lipinski definition) is 5. The van der Waals surface area contributed by atoms with Crippen LogP contribution in [-0.4, -0.2) is 24.6 Å². The van der Waals surface area contributed by atoms with Crippen molar-refractivity contribution in [2.75, 3.05) is 12.0 Å². The van der Waals surface area contributed by atoms with Crippen LogP contribution < -0.4 is 4.90 Å². The van der Waals surface area contributed by atoms with Gasteiger partial charge in [-0.25, -0.2) is 0 Å². The molecule has 1 saturated heterocycles. The Kier molecular flexibility index (Phi) is 6.35. The van der Waals surface area contributed by atoms with E-state index in [-0.39, 0.29) is 11.7 Å². The van der Waals surface area contributed by atoms with Gasteiger partial charge >= 0.3 is 0 Å². The van der Waals surface area contributed by atoms with Gasteiger partial charge in [-0.1, -0.05) is 50.2 Å². The molecular weight excluding hydrogens is 422 g/mol. The number of benzene rings is 2. The zero-order valence-electron chi connectivity index (χ0n) is 18.3. The Hall–Kier alpha value is -3.09. The number of hydrogen-bond donors (Lipinski definition) is 0. The molecule has 0 bridgehead atoms. The molecule has 0 spiro atoms. The van der Waals surface area contributed by atoms with Gasteiger partial charge in [-0.05, 0) is 51.2 Å². The highest BCUT2D eigenvalue weighted by atomic mass is 32.1. The van der Waals surface area contributed by atoms with Crippen LogP contribution in [0.15, 0.2) is 65.4 Å². The smallest absolute Gasteiger partial charge is 0.295 e. The SMILES string of the molecule is COCc1ccccc1[C@@H]1C(C(=O)C(C)C)C(=O)C(=O)N1c1ccc(-c2ccsc2)cc1. The van der Waals surface area contributed by atoms with Crippen molar-refractivity contribution in [3.63, 3.8) is 0 Å². The molecule has 1 fully saturated rings. The van der Waals surface area contributed by atoms with Crippen molar-refractivity contribution in [3.8, 4) is 11.1 Å². The zero-order chi connectivity index (χ0) is 22.8. The fourth-order valence-electron chi connectivity index (χ4n) is 4.26. The van der Waals surface area contributed by atoms with Crippen LogP contribution in [0.2, 0.25) is 0 Å². The molecule has 0 saturated carbocycles. The Morgan fingerprint density at radius 3 is 2.38 bits per heavy atom. The highest BCUT2D eigenvalue weighted by Crippen LogP contribution is 2.42. The van der Waals surface area contributed by atoms with Gasteiger partial charge in [-0.15, -0.1) is 0 Å². The first-order valence-electron chi connectivity index (χ1n) is 10.5. The first kappa shape index (κ1) is 22.1. The second-order valence-corrected chi connectivity index (χ2v) is 8.99. The minimum absolute atomic E-state index is 0.224. The molecule has 1 aromatic heterocycles. The monoisotopic (exact) mass is 447 g/mol. The molecule has 2 aromatic carbocycles. The molecule has 3 aromatic rings. The topological polar surface area (TPSA) is 63.7 Å². The molecule has 1 aliphatic rings. The van der Waals surface area contributed by atoms with Crippen molar-refractivity contribution < 1.29 is 19.1 Å². The van der Waals surface area contributed by atoms with Crippen LogP contribution in [0.4, 0.5) is 5.69 Å². The quantitative estimate of drug-likeness (QED) is 0.375. The average molecular weight is 448 g/mol. The van der Waals surface area contributed by atoms with Gasteiger partial charge < -0.3 is 4.74 Å². The van der Waals surface area contributed by atoms with Gasteiger partial charge in [0.25, 0.3) is 5.91 Å². The summed E-state index contributed by atoms with van der Waals surface area (Å²) in [6.45, 7) is 3.84. The van der Waals surface area contributed by atoms with E-state index >= 15 is 0 Å². The lowest BCUT2D eigenvalue weighted by Gasteiger charge is -2.29. The normalized spacial score (nSPS) is 18.6. The van der Waals surface area contributed by atoms with E-state index in [1.54, 1.807) is 32.3 Å². The second kappa shape index (κ2) is 9.18. The van der Waals surface area contributed by atoms with E-state index in [1.807, 2.05) is 60.0 Å². The Morgan fingerprint density at radius 1 is 1.03 bits per heavy atom. The maximum absolute atomic E-state index is 13.2. The number of rotatable bonds is 7. The molecule has 1 amide bonds. The largest absolute Gasteiger partial charge is 0.380 e. The maximum Gasteiger partial charge on any atom is 0.295 e. The molecule has 2 heterocycles. The van der Waals surface area contributed by atoms with Crippen LogP contribution in [0, 0.1) is 11.8 Å². The van der Waals surface area contributed by atoms with Gasteiger partial charge in [0.1, 0.15) is 11.7 Å². The van der Waals surface area contributed by atoms with Gasteiger partial charge in [0.05, 0.1) is 12.6 Å². The summed E-state index contributed by atoms with van der Waals surface area (Å²) in [6, 6.07) is 16.4. The summed E-state index contributed by atoms with van der Waals surface area (Å²) in [5.41, 5.74) is 4.33. The number of methoxy groups -OCH3 is 1. The number of amides is 1. The number of ketones is 2. The van der Waals surface area contributed by atoms with Crippen LogP contribution in [0.25, 0.3) is 11.1 Å². The van der Waals surface area contributed by atoms with E-state index in [1.165, 1.54) is 4.90 Å². The molecule has 32 heavy (non-hydrogen) atoms. The minimum atomic E-state index is -1.04. The predicted molar refractivity (Wildman–Crippen MR) is 125 cm³/mol. The molecule has 5 nitrogen and oxygen atoms in total. The fraction of sp³-hybridized carbons (Fsp3) is 0.269. The third-order valence-electron chi connectivity index (χ3n) is 5.86. The lowest BCUT2D eigenvalue weighted by Crippen LogP contribution is -2.32. The van der Waals surface area contributed by atoms with Gasteiger partial charge in [0, 0.05) is 18.7 Å². The first-order valence-corrected chi connectivity index (χ1v) is 11.5. The molecule has 6 heteroatoms. The third kappa shape index (κ3) is 3.92. The van der Waals surface area contributed by atoms with Crippen molar-refractivity contribution >= 4 is 34.5 Å². The number of carbonyl (C=O) groups excluding carboxylic acids is 3. The van der Waals surface area contributed by atoms with Gasteiger partial charge in [-0.3, -0.25) is 19.3 Å². The van der Waals surface area contributed by atoms with Gasteiger partial charge in [0.2, 0.25) is 5.78 Å². The van der Waals surface area contributed by atoms with Crippen molar-refractivity contribution in [1.82, 2.24) is 0 Å². The van der Waals surface area contributed by atoms with Crippen LogP contribution in [-0.2, 0) is 25.7 Å². The van der Waals surface area contributed by atoms with Crippen LogP contribution >= 0.6 is 11.3 Å². The van der Waals surface area contributed by atoms with Crippen molar-refractivity contribution in [2.45, 2.75) is 26.5 Å². The van der Waals surface area contributed by atoms with E-state index in [9.17, 15) is 14.4 Å².